The Kier molecular flexibility index (Phi) is 2.65. The quantitative estimate of drug-likeness (QED) is 0.771. The third-order valence-corrected chi connectivity index (χ3v) is 2.23. The van der Waals surface area contributed by atoms with Gasteiger partial charge in [-0.15, -0.1) is 0 Å². The van der Waals surface area contributed by atoms with E-state index < -0.39 is 0 Å². The second kappa shape index (κ2) is 4.11. The summed E-state index contributed by atoms with van der Waals surface area (Å²) >= 11 is 0. The summed E-state index contributed by atoms with van der Waals surface area (Å²) < 4.78 is 0. The molecule has 76 valence electrons. The average molecular weight is 200 g/mol. The Bertz CT molecular complexity index is 555. The van der Waals surface area contributed by atoms with Crippen molar-refractivity contribution < 1.29 is 0 Å². The van der Waals surface area contributed by atoms with Crippen molar-refractivity contribution in [3.63, 3.8) is 0 Å². The van der Waals surface area contributed by atoms with E-state index in [1.165, 1.54) is 6.07 Å². The van der Waals surface area contributed by atoms with E-state index in [9.17, 15) is 4.79 Å². The molecule has 0 aliphatic carbocycles. The summed E-state index contributed by atoms with van der Waals surface area (Å²) in [5, 5.41) is 0.705. The molecule has 3 nitrogen and oxygen atoms in total. The number of rotatable bonds is 2. The van der Waals surface area contributed by atoms with E-state index in [1.807, 2.05) is 30.4 Å². The third-order valence-electron chi connectivity index (χ3n) is 2.23. The van der Waals surface area contributed by atoms with Crippen LogP contribution in [0.15, 0.2) is 41.3 Å². The highest BCUT2D eigenvalue weighted by Gasteiger charge is 1.97. The fourth-order valence-electron chi connectivity index (χ4n) is 1.50. The van der Waals surface area contributed by atoms with Crippen molar-refractivity contribution in [3.8, 4) is 0 Å². The maximum absolute atomic E-state index is 11.5. The summed E-state index contributed by atoms with van der Waals surface area (Å²) in [5.74, 6) is 0. The van der Waals surface area contributed by atoms with Gasteiger partial charge in [-0.2, -0.15) is 0 Å². The molecule has 3 N–H and O–H groups in total. The number of aromatic nitrogens is 1. The van der Waals surface area contributed by atoms with Crippen molar-refractivity contribution in [2.75, 3.05) is 6.54 Å². The standard InChI is InChI=1S/C12H12N2O/c13-6-1-2-9-3-4-11-10(8-9)12(15)5-7-14-11/h1-5,7-8H,6,13H2,(H,14,15). The molecule has 0 unspecified atom stereocenters. The van der Waals surface area contributed by atoms with Crippen LogP contribution in [0.1, 0.15) is 5.56 Å². The first-order valence-electron chi connectivity index (χ1n) is 4.79. The molecule has 15 heavy (non-hydrogen) atoms. The van der Waals surface area contributed by atoms with Crippen LogP contribution in [0.5, 0.6) is 0 Å². The van der Waals surface area contributed by atoms with Crippen molar-refractivity contribution in [2.45, 2.75) is 0 Å². The second-order valence-electron chi connectivity index (χ2n) is 3.29. The molecule has 3 heteroatoms. The fourth-order valence-corrected chi connectivity index (χ4v) is 1.50. The van der Waals surface area contributed by atoms with Crippen LogP contribution in [-0.2, 0) is 0 Å². The summed E-state index contributed by atoms with van der Waals surface area (Å²) in [6.07, 6.45) is 5.42. The average Bonchev–Trinajstić information content (AvgIpc) is 2.27. The molecule has 0 bridgehead atoms. The maximum Gasteiger partial charge on any atom is 0.189 e. The van der Waals surface area contributed by atoms with Crippen LogP contribution in [0.25, 0.3) is 17.0 Å². The maximum atomic E-state index is 11.5. The molecule has 1 heterocycles. The molecule has 2 rings (SSSR count). The van der Waals surface area contributed by atoms with E-state index in [0.717, 1.165) is 11.1 Å². The van der Waals surface area contributed by atoms with E-state index in [1.54, 1.807) is 6.20 Å². The summed E-state index contributed by atoms with van der Waals surface area (Å²) in [7, 11) is 0. The minimum atomic E-state index is 0.0340. The van der Waals surface area contributed by atoms with Gasteiger partial charge in [-0.3, -0.25) is 4.79 Å². The Hall–Kier alpha value is -1.87. The number of hydrogen-bond donors (Lipinski definition) is 2. The summed E-state index contributed by atoms with van der Waals surface area (Å²) in [6, 6.07) is 7.23. The fraction of sp³-hybridized carbons (Fsp3) is 0.0833. The van der Waals surface area contributed by atoms with Gasteiger partial charge in [0.1, 0.15) is 0 Å². The topological polar surface area (TPSA) is 58.9 Å². The monoisotopic (exact) mass is 200 g/mol. The zero-order valence-electron chi connectivity index (χ0n) is 8.23. The molecule has 0 amide bonds. The molecule has 0 saturated heterocycles. The van der Waals surface area contributed by atoms with E-state index in [4.69, 9.17) is 5.73 Å². The smallest absolute Gasteiger partial charge is 0.189 e. The Balaban J connectivity index is 2.60. The molecule has 0 fully saturated rings. The molecule has 1 aromatic heterocycles. The lowest BCUT2D eigenvalue weighted by molar-refractivity contribution is 1.26. The first kappa shape index (κ1) is 9.68. The molecule has 0 aliphatic heterocycles. The summed E-state index contributed by atoms with van der Waals surface area (Å²) in [5.41, 5.74) is 7.24. The SMILES string of the molecule is NCC=Cc1ccc2[nH]ccc(=O)c2c1. The van der Waals surface area contributed by atoms with Gasteiger partial charge in [0.15, 0.2) is 5.43 Å². The summed E-state index contributed by atoms with van der Waals surface area (Å²) in [6.45, 7) is 0.503. The molecule has 0 saturated carbocycles. The molecular weight excluding hydrogens is 188 g/mol. The minimum absolute atomic E-state index is 0.0340. The number of nitrogens with two attached hydrogens (primary N) is 1. The molecule has 0 spiro atoms. The third kappa shape index (κ3) is 1.97. The predicted octanol–water partition coefficient (Wildman–Crippen LogP) is 1.50. The van der Waals surface area contributed by atoms with E-state index in [-0.39, 0.29) is 5.43 Å². The van der Waals surface area contributed by atoms with Gasteiger partial charge in [-0.05, 0) is 17.7 Å². The summed E-state index contributed by atoms with van der Waals surface area (Å²) in [4.78, 5) is 14.6. The van der Waals surface area contributed by atoms with Crippen LogP contribution in [0.2, 0.25) is 0 Å². The van der Waals surface area contributed by atoms with Crippen molar-refractivity contribution in [3.05, 3.63) is 52.3 Å². The number of pyridine rings is 1. The Morgan fingerprint density at radius 2 is 2.20 bits per heavy atom. The van der Waals surface area contributed by atoms with Crippen LogP contribution >= 0.6 is 0 Å². The van der Waals surface area contributed by atoms with Crippen LogP contribution in [0, 0.1) is 0 Å². The van der Waals surface area contributed by atoms with Gasteiger partial charge in [-0.1, -0.05) is 18.2 Å². The Morgan fingerprint density at radius 1 is 1.33 bits per heavy atom. The lowest BCUT2D eigenvalue weighted by atomic mass is 10.1. The van der Waals surface area contributed by atoms with E-state index in [0.29, 0.717) is 11.9 Å². The largest absolute Gasteiger partial charge is 0.361 e. The van der Waals surface area contributed by atoms with Crippen LogP contribution < -0.4 is 11.2 Å². The molecule has 0 atom stereocenters. The predicted molar refractivity (Wildman–Crippen MR) is 62.7 cm³/mol. The van der Waals surface area contributed by atoms with Gasteiger partial charge < -0.3 is 10.7 Å². The van der Waals surface area contributed by atoms with Gasteiger partial charge in [0.2, 0.25) is 0 Å². The highest BCUT2D eigenvalue weighted by Crippen LogP contribution is 2.10. The first-order chi connectivity index (χ1) is 7.31. The van der Waals surface area contributed by atoms with Crippen molar-refractivity contribution in [1.82, 2.24) is 4.98 Å². The van der Waals surface area contributed by atoms with E-state index >= 15 is 0 Å². The number of benzene rings is 1. The second-order valence-corrected chi connectivity index (χ2v) is 3.29. The number of H-pyrrole nitrogens is 1. The lowest BCUT2D eigenvalue weighted by Crippen LogP contribution is -1.99. The lowest BCUT2D eigenvalue weighted by Gasteiger charge is -1.98. The molecule has 0 radical (unpaired) electrons. The van der Waals surface area contributed by atoms with Crippen molar-refractivity contribution >= 4 is 17.0 Å². The molecule has 0 aliphatic rings. The number of aromatic amines is 1. The zero-order valence-corrected chi connectivity index (χ0v) is 8.23. The van der Waals surface area contributed by atoms with Gasteiger partial charge in [0, 0.05) is 29.7 Å². The van der Waals surface area contributed by atoms with Crippen molar-refractivity contribution in [1.29, 1.82) is 0 Å². The number of hydrogen-bond acceptors (Lipinski definition) is 2. The Morgan fingerprint density at radius 3 is 3.00 bits per heavy atom. The van der Waals surface area contributed by atoms with Crippen LogP contribution in [0.3, 0.4) is 0 Å². The number of fused-ring (bicyclic) bond motifs is 1. The van der Waals surface area contributed by atoms with Crippen LogP contribution in [-0.4, -0.2) is 11.5 Å². The van der Waals surface area contributed by atoms with Gasteiger partial charge in [0.05, 0.1) is 0 Å². The van der Waals surface area contributed by atoms with Crippen molar-refractivity contribution in [2.24, 2.45) is 5.73 Å². The molecule has 2 aromatic rings. The van der Waals surface area contributed by atoms with E-state index in [2.05, 4.69) is 4.98 Å². The Labute approximate surface area is 87.2 Å². The highest BCUT2D eigenvalue weighted by atomic mass is 16.1. The molecular formula is C12H12N2O. The zero-order chi connectivity index (χ0) is 10.7. The first-order valence-corrected chi connectivity index (χ1v) is 4.79. The number of nitrogens with one attached hydrogen (secondary N) is 1. The minimum Gasteiger partial charge on any atom is -0.361 e. The molecule has 1 aromatic carbocycles. The van der Waals surface area contributed by atoms with Crippen LogP contribution in [0.4, 0.5) is 0 Å². The normalized spacial score (nSPS) is 11.3. The van der Waals surface area contributed by atoms with Gasteiger partial charge >= 0.3 is 0 Å². The van der Waals surface area contributed by atoms with Gasteiger partial charge in [-0.25, -0.2) is 0 Å². The van der Waals surface area contributed by atoms with Gasteiger partial charge in [0.25, 0.3) is 0 Å². The highest BCUT2D eigenvalue weighted by molar-refractivity contribution is 5.80.